The number of methoxy groups -OCH3 is 1. The molecule has 2 aliphatic heterocycles. The molecule has 0 aliphatic carbocycles. The van der Waals surface area contributed by atoms with Gasteiger partial charge in [-0.25, -0.2) is 8.42 Å². The largest absolute Gasteiger partial charge is 0.497 e. The zero-order valence-electron chi connectivity index (χ0n) is 17.5. The van der Waals surface area contributed by atoms with Crippen molar-refractivity contribution >= 4 is 15.9 Å². The number of rotatable bonds is 5. The molecule has 1 atom stereocenters. The topological polar surface area (TPSA) is 84.7 Å². The number of hydrogen-bond acceptors (Lipinski definition) is 5. The summed E-state index contributed by atoms with van der Waals surface area (Å²) >= 11 is 0. The predicted octanol–water partition coefficient (Wildman–Crippen LogP) is 2.33. The number of carbonyl (C=O) groups is 1. The molecule has 3 heterocycles. The number of aromatic nitrogens is 2. The normalized spacial score (nSPS) is 20.7. The molecule has 2 aromatic rings. The number of amides is 1. The van der Waals surface area contributed by atoms with Crippen molar-refractivity contribution < 1.29 is 17.9 Å². The third-order valence-electron chi connectivity index (χ3n) is 5.97. The molecule has 1 aromatic carbocycles. The van der Waals surface area contributed by atoms with Crippen LogP contribution in [0.5, 0.6) is 5.75 Å². The summed E-state index contributed by atoms with van der Waals surface area (Å²) in [7, 11) is -2.10. The van der Waals surface area contributed by atoms with E-state index in [1.54, 1.807) is 28.9 Å². The third kappa shape index (κ3) is 3.83. The van der Waals surface area contributed by atoms with Gasteiger partial charge in [0.05, 0.1) is 17.7 Å². The quantitative estimate of drug-likeness (QED) is 0.724. The second kappa shape index (κ2) is 8.39. The van der Waals surface area contributed by atoms with E-state index in [1.165, 1.54) is 11.4 Å². The molecule has 0 bridgehead atoms. The molecule has 0 saturated carbocycles. The van der Waals surface area contributed by atoms with Crippen molar-refractivity contribution in [3.05, 3.63) is 41.7 Å². The van der Waals surface area contributed by atoms with E-state index in [-0.39, 0.29) is 16.7 Å². The zero-order chi connectivity index (χ0) is 21.3. The first-order chi connectivity index (χ1) is 14.4. The molecule has 1 aromatic heterocycles. The minimum atomic E-state index is -3.62. The average molecular weight is 433 g/mol. The molecule has 0 N–H and O–H groups in total. The Bertz CT molecular complexity index is 1030. The Kier molecular flexibility index (Phi) is 5.84. The summed E-state index contributed by atoms with van der Waals surface area (Å²) < 4.78 is 34.9. The van der Waals surface area contributed by atoms with Crippen LogP contribution in [0.4, 0.5) is 0 Å². The van der Waals surface area contributed by atoms with E-state index in [2.05, 4.69) is 0 Å². The van der Waals surface area contributed by atoms with E-state index in [1.807, 2.05) is 17.9 Å². The Balaban J connectivity index is 1.58. The SMILES string of the molecule is CCN1CCCn2nc(C3CCCN(S(=O)(=O)c4cccc(OC)c4)C3)cc2C1=O. The van der Waals surface area contributed by atoms with Crippen molar-refractivity contribution in [2.45, 2.75) is 43.5 Å². The van der Waals surface area contributed by atoms with Gasteiger partial charge in [0.1, 0.15) is 11.4 Å². The van der Waals surface area contributed by atoms with Crippen molar-refractivity contribution in [3.8, 4) is 5.75 Å². The maximum absolute atomic E-state index is 13.2. The Hall–Kier alpha value is -2.39. The molecular weight excluding hydrogens is 404 g/mol. The lowest BCUT2D eigenvalue weighted by atomic mass is 9.96. The molecule has 0 spiro atoms. The fourth-order valence-electron chi connectivity index (χ4n) is 4.27. The third-order valence-corrected chi connectivity index (χ3v) is 7.83. The lowest BCUT2D eigenvalue weighted by molar-refractivity contribution is 0.0766. The van der Waals surface area contributed by atoms with Crippen molar-refractivity contribution in [2.75, 3.05) is 33.3 Å². The molecule has 1 fully saturated rings. The number of ether oxygens (including phenoxy) is 1. The number of aryl methyl sites for hydroxylation is 1. The second-order valence-electron chi connectivity index (χ2n) is 7.80. The number of hydrogen-bond donors (Lipinski definition) is 0. The van der Waals surface area contributed by atoms with E-state index < -0.39 is 10.0 Å². The van der Waals surface area contributed by atoms with Gasteiger partial charge in [-0.3, -0.25) is 9.48 Å². The summed E-state index contributed by atoms with van der Waals surface area (Å²) in [5.74, 6) is 0.494. The van der Waals surface area contributed by atoms with Crippen LogP contribution < -0.4 is 4.74 Å². The van der Waals surface area contributed by atoms with Gasteiger partial charge in [0.15, 0.2) is 0 Å². The van der Waals surface area contributed by atoms with Gasteiger partial charge < -0.3 is 9.64 Å². The van der Waals surface area contributed by atoms with Crippen LogP contribution >= 0.6 is 0 Å². The van der Waals surface area contributed by atoms with E-state index in [9.17, 15) is 13.2 Å². The van der Waals surface area contributed by atoms with Crippen LogP contribution in [-0.2, 0) is 16.6 Å². The molecule has 1 saturated heterocycles. The standard InChI is InChI=1S/C21H28N4O4S/c1-3-23-10-6-12-25-20(21(23)26)14-19(22-25)16-7-5-11-24(15-16)30(27,28)18-9-4-8-17(13-18)29-2/h4,8-9,13-14,16H,3,5-7,10-12,15H2,1-2H3. The second-order valence-corrected chi connectivity index (χ2v) is 9.74. The molecule has 1 amide bonds. The van der Waals surface area contributed by atoms with Crippen molar-refractivity contribution in [1.29, 1.82) is 0 Å². The van der Waals surface area contributed by atoms with E-state index >= 15 is 0 Å². The summed E-state index contributed by atoms with van der Waals surface area (Å²) in [4.78, 5) is 14.9. The minimum Gasteiger partial charge on any atom is -0.497 e. The van der Waals surface area contributed by atoms with Gasteiger partial charge in [0, 0.05) is 44.7 Å². The Morgan fingerprint density at radius 2 is 2.00 bits per heavy atom. The van der Waals surface area contributed by atoms with E-state index in [4.69, 9.17) is 9.84 Å². The highest BCUT2D eigenvalue weighted by atomic mass is 32.2. The Morgan fingerprint density at radius 1 is 1.17 bits per heavy atom. The van der Waals surface area contributed by atoms with Gasteiger partial charge in [0.2, 0.25) is 10.0 Å². The Morgan fingerprint density at radius 3 is 2.77 bits per heavy atom. The highest BCUT2D eigenvalue weighted by Gasteiger charge is 2.33. The van der Waals surface area contributed by atoms with Gasteiger partial charge in [-0.1, -0.05) is 6.07 Å². The average Bonchev–Trinajstić information content (AvgIpc) is 3.14. The summed E-state index contributed by atoms with van der Waals surface area (Å²) in [5, 5.41) is 4.70. The summed E-state index contributed by atoms with van der Waals surface area (Å²) in [6, 6.07) is 8.42. The Labute approximate surface area is 177 Å². The van der Waals surface area contributed by atoms with E-state index in [0.29, 0.717) is 37.6 Å². The monoisotopic (exact) mass is 432 g/mol. The van der Waals surface area contributed by atoms with Crippen LogP contribution in [0.25, 0.3) is 0 Å². The molecule has 1 unspecified atom stereocenters. The van der Waals surface area contributed by atoms with Gasteiger partial charge in [-0.15, -0.1) is 0 Å². The summed E-state index contributed by atoms with van der Waals surface area (Å²) in [5.41, 5.74) is 1.42. The number of sulfonamides is 1. The number of carbonyl (C=O) groups excluding carboxylic acids is 1. The van der Waals surface area contributed by atoms with Gasteiger partial charge in [-0.05, 0) is 44.4 Å². The predicted molar refractivity (Wildman–Crippen MR) is 112 cm³/mol. The number of nitrogens with zero attached hydrogens (tertiary/aromatic N) is 4. The summed E-state index contributed by atoms with van der Waals surface area (Å²) in [6.45, 7) is 4.94. The molecule has 8 nitrogen and oxygen atoms in total. The first-order valence-corrected chi connectivity index (χ1v) is 11.9. The van der Waals surface area contributed by atoms with Crippen molar-refractivity contribution in [2.24, 2.45) is 0 Å². The van der Waals surface area contributed by atoms with Gasteiger partial charge >= 0.3 is 0 Å². The maximum Gasteiger partial charge on any atom is 0.272 e. The van der Waals surface area contributed by atoms with Crippen molar-refractivity contribution in [1.82, 2.24) is 19.0 Å². The van der Waals surface area contributed by atoms with E-state index in [0.717, 1.165) is 31.5 Å². The smallest absolute Gasteiger partial charge is 0.272 e. The molecule has 162 valence electrons. The first kappa shape index (κ1) is 20.9. The van der Waals surface area contributed by atoms with Crippen LogP contribution in [0.2, 0.25) is 0 Å². The van der Waals surface area contributed by atoms with Gasteiger partial charge in [0.25, 0.3) is 5.91 Å². The molecule has 2 aliphatic rings. The lowest BCUT2D eigenvalue weighted by Gasteiger charge is -2.31. The van der Waals surface area contributed by atoms with Gasteiger partial charge in [-0.2, -0.15) is 9.40 Å². The number of piperidine rings is 1. The van der Waals surface area contributed by atoms with Crippen LogP contribution in [0.15, 0.2) is 35.2 Å². The number of fused-ring (bicyclic) bond motifs is 1. The number of benzene rings is 1. The van der Waals surface area contributed by atoms with Crippen LogP contribution in [0, 0.1) is 0 Å². The molecule has 0 radical (unpaired) electrons. The first-order valence-electron chi connectivity index (χ1n) is 10.4. The molecule has 9 heteroatoms. The maximum atomic E-state index is 13.2. The molecule has 4 rings (SSSR count). The fourth-order valence-corrected chi connectivity index (χ4v) is 5.83. The summed E-state index contributed by atoms with van der Waals surface area (Å²) in [6.07, 6.45) is 2.48. The lowest BCUT2D eigenvalue weighted by Crippen LogP contribution is -2.39. The zero-order valence-corrected chi connectivity index (χ0v) is 18.3. The minimum absolute atomic E-state index is 0.00502. The highest BCUT2D eigenvalue weighted by Crippen LogP contribution is 2.31. The van der Waals surface area contributed by atoms with Crippen LogP contribution in [-0.4, -0.2) is 66.6 Å². The van der Waals surface area contributed by atoms with Crippen LogP contribution in [0.3, 0.4) is 0 Å². The fraction of sp³-hybridized carbons (Fsp3) is 0.524. The van der Waals surface area contributed by atoms with Crippen molar-refractivity contribution in [3.63, 3.8) is 0 Å². The molecule has 30 heavy (non-hydrogen) atoms. The van der Waals surface area contributed by atoms with Crippen LogP contribution in [0.1, 0.15) is 48.3 Å². The highest BCUT2D eigenvalue weighted by molar-refractivity contribution is 7.89. The molecular formula is C21H28N4O4S.